The molecule has 6 nitrogen and oxygen atoms in total. The van der Waals surface area contributed by atoms with Crippen molar-refractivity contribution in [1.82, 2.24) is 15.2 Å². The van der Waals surface area contributed by atoms with Crippen molar-refractivity contribution in [3.63, 3.8) is 0 Å². The number of nitrogens with zero attached hydrogens (tertiary/aromatic N) is 2. The standard InChI is InChI=1S/C22H24N4O2/c1-26(2)15-21(28)25-19-10-3-6-16(12-19)14-24-20(27)13-18-8-4-7-17-9-5-11-23-22(17)18/h3-12H,13-15H2,1-2H3,(H,24,27)(H,25,28). The van der Waals surface area contributed by atoms with Gasteiger partial charge in [-0.05, 0) is 43.4 Å². The number of nitrogens with one attached hydrogen (secondary N) is 2. The summed E-state index contributed by atoms with van der Waals surface area (Å²) in [5.74, 6) is -0.144. The first-order valence-corrected chi connectivity index (χ1v) is 9.14. The summed E-state index contributed by atoms with van der Waals surface area (Å²) in [7, 11) is 3.69. The number of hydrogen-bond donors (Lipinski definition) is 2. The highest BCUT2D eigenvalue weighted by Gasteiger charge is 2.08. The van der Waals surface area contributed by atoms with Crippen LogP contribution < -0.4 is 10.6 Å². The molecule has 144 valence electrons. The van der Waals surface area contributed by atoms with Crippen LogP contribution in [0.3, 0.4) is 0 Å². The Bertz CT molecular complexity index is 980. The van der Waals surface area contributed by atoms with Crippen LogP contribution in [0.15, 0.2) is 60.8 Å². The first kappa shape index (κ1) is 19.5. The number of anilines is 1. The zero-order valence-corrected chi connectivity index (χ0v) is 16.1. The summed E-state index contributed by atoms with van der Waals surface area (Å²) in [5.41, 5.74) is 3.40. The Balaban J connectivity index is 1.58. The lowest BCUT2D eigenvalue weighted by Gasteiger charge is -2.11. The fourth-order valence-corrected chi connectivity index (χ4v) is 2.99. The molecule has 0 radical (unpaired) electrons. The van der Waals surface area contributed by atoms with Crippen molar-refractivity contribution in [1.29, 1.82) is 0 Å². The number of amides is 2. The second-order valence-electron chi connectivity index (χ2n) is 6.93. The third kappa shape index (κ3) is 5.37. The molecular weight excluding hydrogens is 352 g/mol. The van der Waals surface area contributed by atoms with E-state index in [4.69, 9.17) is 0 Å². The van der Waals surface area contributed by atoms with E-state index in [2.05, 4.69) is 15.6 Å². The monoisotopic (exact) mass is 376 g/mol. The highest BCUT2D eigenvalue weighted by atomic mass is 16.2. The van der Waals surface area contributed by atoms with Gasteiger partial charge in [-0.3, -0.25) is 14.6 Å². The van der Waals surface area contributed by atoms with E-state index < -0.39 is 0 Å². The average Bonchev–Trinajstić information content (AvgIpc) is 2.66. The molecule has 6 heteroatoms. The van der Waals surface area contributed by atoms with Crippen molar-refractivity contribution in [2.75, 3.05) is 26.0 Å². The van der Waals surface area contributed by atoms with E-state index in [1.165, 1.54) is 0 Å². The predicted molar refractivity (Wildman–Crippen MR) is 111 cm³/mol. The number of hydrogen-bond acceptors (Lipinski definition) is 4. The molecule has 0 atom stereocenters. The molecule has 2 aromatic carbocycles. The molecule has 2 amide bonds. The average molecular weight is 376 g/mol. The number of carbonyl (C=O) groups is 2. The first-order valence-electron chi connectivity index (χ1n) is 9.14. The second-order valence-corrected chi connectivity index (χ2v) is 6.93. The fourth-order valence-electron chi connectivity index (χ4n) is 2.99. The van der Waals surface area contributed by atoms with Gasteiger partial charge in [-0.25, -0.2) is 0 Å². The highest BCUT2D eigenvalue weighted by molar-refractivity contribution is 5.92. The molecule has 0 saturated carbocycles. The van der Waals surface area contributed by atoms with E-state index in [0.29, 0.717) is 13.1 Å². The molecule has 1 heterocycles. The maximum absolute atomic E-state index is 12.4. The van der Waals surface area contributed by atoms with Gasteiger partial charge in [-0.15, -0.1) is 0 Å². The van der Waals surface area contributed by atoms with Crippen molar-refractivity contribution in [3.8, 4) is 0 Å². The first-order chi connectivity index (χ1) is 13.5. The Hall–Kier alpha value is -3.25. The lowest BCUT2D eigenvalue weighted by atomic mass is 10.1. The number of likely N-dealkylation sites (N-methyl/N-ethyl adjacent to an activating group) is 1. The SMILES string of the molecule is CN(C)CC(=O)Nc1cccc(CNC(=O)Cc2cccc3cccnc23)c1. The fraction of sp³-hybridized carbons (Fsp3) is 0.227. The van der Waals surface area contributed by atoms with E-state index in [-0.39, 0.29) is 18.2 Å². The van der Waals surface area contributed by atoms with Crippen molar-refractivity contribution in [2.45, 2.75) is 13.0 Å². The molecule has 3 aromatic rings. The van der Waals surface area contributed by atoms with Gasteiger partial charge in [0.1, 0.15) is 0 Å². The molecule has 0 aliphatic carbocycles. The summed E-state index contributed by atoms with van der Waals surface area (Å²) in [6.45, 7) is 0.717. The third-order valence-corrected chi connectivity index (χ3v) is 4.23. The van der Waals surface area contributed by atoms with Crippen LogP contribution in [-0.2, 0) is 22.6 Å². The minimum atomic E-state index is -0.0744. The van der Waals surface area contributed by atoms with Gasteiger partial charge in [0.15, 0.2) is 0 Å². The molecule has 2 N–H and O–H groups in total. The molecule has 0 aliphatic rings. The molecule has 0 aliphatic heterocycles. The minimum Gasteiger partial charge on any atom is -0.352 e. The zero-order valence-electron chi connectivity index (χ0n) is 16.1. The zero-order chi connectivity index (χ0) is 19.9. The molecule has 0 bridgehead atoms. The van der Waals surface area contributed by atoms with Crippen molar-refractivity contribution < 1.29 is 9.59 Å². The summed E-state index contributed by atoms with van der Waals surface area (Å²) in [5, 5.41) is 6.82. The molecular formula is C22H24N4O2. The molecule has 3 rings (SSSR count). The number of pyridine rings is 1. The smallest absolute Gasteiger partial charge is 0.238 e. The van der Waals surface area contributed by atoms with E-state index in [1.54, 1.807) is 6.20 Å². The van der Waals surface area contributed by atoms with Crippen LogP contribution in [-0.4, -0.2) is 42.3 Å². The maximum atomic E-state index is 12.4. The summed E-state index contributed by atoms with van der Waals surface area (Å²) >= 11 is 0. The molecule has 0 fully saturated rings. The Morgan fingerprint density at radius 1 is 1.00 bits per heavy atom. The van der Waals surface area contributed by atoms with Gasteiger partial charge in [0, 0.05) is 23.8 Å². The number of fused-ring (bicyclic) bond motifs is 1. The summed E-state index contributed by atoms with van der Waals surface area (Å²) < 4.78 is 0. The largest absolute Gasteiger partial charge is 0.352 e. The van der Waals surface area contributed by atoms with Crippen LogP contribution in [0.5, 0.6) is 0 Å². The van der Waals surface area contributed by atoms with Crippen molar-refractivity contribution >= 4 is 28.4 Å². The third-order valence-electron chi connectivity index (χ3n) is 4.23. The number of carbonyl (C=O) groups excluding carboxylic acids is 2. The number of rotatable bonds is 7. The molecule has 28 heavy (non-hydrogen) atoms. The molecule has 1 aromatic heterocycles. The van der Waals surface area contributed by atoms with Crippen LogP contribution in [0.4, 0.5) is 5.69 Å². The number of aromatic nitrogens is 1. The maximum Gasteiger partial charge on any atom is 0.238 e. The van der Waals surface area contributed by atoms with Crippen molar-refractivity contribution in [2.24, 2.45) is 0 Å². The van der Waals surface area contributed by atoms with Gasteiger partial charge in [-0.2, -0.15) is 0 Å². The molecule has 0 unspecified atom stereocenters. The van der Waals surface area contributed by atoms with Gasteiger partial charge >= 0.3 is 0 Å². The van der Waals surface area contributed by atoms with Crippen LogP contribution in [0, 0.1) is 0 Å². The van der Waals surface area contributed by atoms with E-state index in [1.807, 2.05) is 73.6 Å². The van der Waals surface area contributed by atoms with Crippen molar-refractivity contribution in [3.05, 3.63) is 71.9 Å². The van der Waals surface area contributed by atoms with Crippen LogP contribution in [0.2, 0.25) is 0 Å². The van der Waals surface area contributed by atoms with Gasteiger partial charge in [0.25, 0.3) is 0 Å². The minimum absolute atomic E-state index is 0.0693. The van der Waals surface area contributed by atoms with E-state index in [9.17, 15) is 9.59 Å². The van der Waals surface area contributed by atoms with Gasteiger partial charge in [0.05, 0.1) is 18.5 Å². The Morgan fingerprint density at radius 2 is 1.79 bits per heavy atom. The van der Waals surface area contributed by atoms with Crippen LogP contribution in [0.1, 0.15) is 11.1 Å². The summed E-state index contributed by atoms with van der Waals surface area (Å²) in [4.78, 5) is 30.5. The van der Waals surface area contributed by atoms with Crippen LogP contribution in [0.25, 0.3) is 10.9 Å². The Morgan fingerprint density at radius 3 is 2.61 bits per heavy atom. The summed E-state index contributed by atoms with van der Waals surface area (Å²) in [6.07, 6.45) is 2.01. The predicted octanol–water partition coefficient (Wildman–Crippen LogP) is 2.59. The second kappa shape index (κ2) is 9.10. The van der Waals surface area contributed by atoms with E-state index >= 15 is 0 Å². The van der Waals surface area contributed by atoms with Gasteiger partial charge in [-0.1, -0.05) is 36.4 Å². The Kier molecular flexibility index (Phi) is 6.34. The van der Waals surface area contributed by atoms with Gasteiger partial charge in [0.2, 0.25) is 11.8 Å². The summed E-state index contributed by atoms with van der Waals surface area (Å²) in [6, 6.07) is 17.2. The molecule has 0 saturated heterocycles. The lowest BCUT2D eigenvalue weighted by Crippen LogP contribution is -2.27. The highest BCUT2D eigenvalue weighted by Crippen LogP contribution is 2.16. The number of para-hydroxylation sites is 1. The molecule has 0 spiro atoms. The lowest BCUT2D eigenvalue weighted by molar-refractivity contribution is -0.120. The van der Waals surface area contributed by atoms with Crippen LogP contribution >= 0.6 is 0 Å². The van der Waals surface area contributed by atoms with E-state index in [0.717, 1.165) is 27.7 Å². The Labute approximate surface area is 164 Å². The normalized spacial score (nSPS) is 10.8. The topological polar surface area (TPSA) is 74.3 Å². The van der Waals surface area contributed by atoms with Gasteiger partial charge < -0.3 is 15.5 Å². The number of benzene rings is 2. The quantitative estimate of drug-likeness (QED) is 0.665.